The second kappa shape index (κ2) is 10.8. The smallest absolute Gasteiger partial charge is 0.254 e. The summed E-state index contributed by atoms with van der Waals surface area (Å²) in [5, 5.41) is 10.3. The molecule has 1 aliphatic rings. The number of carbonyl (C=O) groups is 1. The molecule has 6 heteroatoms. The van der Waals surface area contributed by atoms with E-state index in [1.807, 2.05) is 6.07 Å². The summed E-state index contributed by atoms with van der Waals surface area (Å²) in [4.78, 5) is 12.2. The highest BCUT2D eigenvalue weighted by Gasteiger charge is 2.16. The van der Waals surface area contributed by atoms with Gasteiger partial charge >= 0.3 is 0 Å². The van der Waals surface area contributed by atoms with Crippen LogP contribution in [0.1, 0.15) is 53.7 Å². The van der Waals surface area contributed by atoms with E-state index in [4.69, 9.17) is 11.6 Å². The van der Waals surface area contributed by atoms with E-state index in [-0.39, 0.29) is 11.5 Å². The van der Waals surface area contributed by atoms with Gasteiger partial charge in [0, 0.05) is 13.1 Å². The summed E-state index contributed by atoms with van der Waals surface area (Å²) in [5.41, 5.74) is 4.29. The van der Waals surface area contributed by atoms with Gasteiger partial charge in [0.2, 0.25) is 0 Å². The van der Waals surface area contributed by atoms with Gasteiger partial charge in [-0.2, -0.15) is 0 Å². The van der Waals surface area contributed by atoms with Crippen molar-refractivity contribution in [2.75, 3.05) is 25.0 Å². The molecule has 0 aromatic heterocycles. The zero-order valence-corrected chi connectivity index (χ0v) is 18.5. The fourth-order valence-corrected chi connectivity index (χ4v) is 4.03. The predicted octanol–water partition coefficient (Wildman–Crippen LogP) is 4.95. The van der Waals surface area contributed by atoms with Gasteiger partial charge in [0.1, 0.15) is 5.82 Å². The van der Waals surface area contributed by atoms with Gasteiger partial charge in [0.15, 0.2) is 0 Å². The van der Waals surface area contributed by atoms with Crippen molar-refractivity contribution in [3.63, 3.8) is 0 Å². The van der Waals surface area contributed by atoms with E-state index in [0.29, 0.717) is 24.0 Å². The number of hydrogen-bond donors (Lipinski definition) is 3. The molecule has 1 heterocycles. The molecular formula is C24H31ClFN3O. The van der Waals surface area contributed by atoms with Crippen molar-refractivity contribution >= 4 is 23.2 Å². The molecule has 0 bridgehead atoms. The van der Waals surface area contributed by atoms with Crippen LogP contribution in [0.2, 0.25) is 5.02 Å². The lowest BCUT2D eigenvalue weighted by atomic mass is 10.0. The molecule has 2 aromatic rings. The Morgan fingerprint density at radius 2 is 2.00 bits per heavy atom. The third kappa shape index (κ3) is 5.96. The fraction of sp³-hybridized carbons (Fsp3) is 0.458. The highest BCUT2D eigenvalue weighted by Crippen LogP contribution is 2.31. The maximum absolute atomic E-state index is 14.5. The molecule has 0 unspecified atom stereocenters. The van der Waals surface area contributed by atoms with Crippen molar-refractivity contribution in [2.45, 2.75) is 46.1 Å². The lowest BCUT2D eigenvalue weighted by molar-refractivity contribution is 0.0948. The molecule has 4 nitrogen and oxygen atoms in total. The lowest BCUT2D eigenvalue weighted by Crippen LogP contribution is -2.25. The minimum Gasteiger partial charge on any atom is -0.380 e. The Hall–Kier alpha value is -2.11. The average molecular weight is 432 g/mol. The van der Waals surface area contributed by atoms with Crippen molar-refractivity contribution in [1.82, 2.24) is 10.6 Å². The first-order valence-corrected chi connectivity index (χ1v) is 11.1. The molecule has 0 atom stereocenters. The summed E-state index contributed by atoms with van der Waals surface area (Å²) in [7, 11) is 0. The van der Waals surface area contributed by atoms with Crippen LogP contribution in [-0.4, -0.2) is 25.5 Å². The number of nitrogens with one attached hydrogen (secondary N) is 3. The Morgan fingerprint density at radius 3 is 2.77 bits per heavy atom. The summed E-state index contributed by atoms with van der Waals surface area (Å²) in [6, 6.07) is 8.77. The topological polar surface area (TPSA) is 53.2 Å². The molecule has 162 valence electrons. The second-order valence-corrected chi connectivity index (χ2v) is 8.68. The third-order valence-corrected chi connectivity index (χ3v) is 5.79. The van der Waals surface area contributed by atoms with E-state index in [1.165, 1.54) is 17.2 Å². The first-order valence-electron chi connectivity index (χ1n) is 10.8. The number of fused-ring (bicyclic) bond motifs is 1. The fourth-order valence-electron chi connectivity index (χ4n) is 3.79. The van der Waals surface area contributed by atoms with Gasteiger partial charge in [-0.25, -0.2) is 4.39 Å². The lowest BCUT2D eigenvalue weighted by Gasteiger charge is -2.16. The molecule has 0 saturated carbocycles. The number of benzene rings is 2. The molecule has 0 saturated heterocycles. The van der Waals surface area contributed by atoms with E-state index in [0.717, 1.165) is 50.0 Å². The zero-order valence-electron chi connectivity index (χ0n) is 17.8. The molecule has 0 aliphatic carbocycles. The molecule has 0 radical (unpaired) electrons. The van der Waals surface area contributed by atoms with Crippen molar-refractivity contribution in [3.05, 3.63) is 63.4 Å². The largest absolute Gasteiger partial charge is 0.380 e. The van der Waals surface area contributed by atoms with Crippen molar-refractivity contribution in [2.24, 2.45) is 5.92 Å². The van der Waals surface area contributed by atoms with Gasteiger partial charge in [-0.1, -0.05) is 37.6 Å². The van der Waals surface area contributed by atoms with Crippen LogP contribution in [0.5, 0.6) is 0 Å². The predicted molar refractivity (Wildman–Crippen MR) is 122 cm³/mol. The molecule has 1 amide bonds. The Morgan fingerprint density at radius 1 is 1.20 bits per heavy atom. The first-order chi connectivity index (χ1) is 14.5. The summed E-state index contributed by atoms with van der Waals surface area (Å²) < 4.78 is 14.5. The Bertz CT molecular complexity index is 885. The van der Waals surface area contributed by atoms with Gasteiger partial charge in [-0.15, -0.1) is 0 Å². The van der Waals surface area contributed by atoms with Gasteiger partial charge in [0.25, 0.3) is 5.91 Å². The Kier molecular flexibility index (Phi) is 8.11. The van der Waals surface area contributed by atoms with Gasteiger partial charge in [-0.3, -0.25) is 4.79 Å². The maximum atomic E-state index is 14.5. The normalized spacial score (nSPS) is 13.6. The number of rotatable bonds is 8. The van der Waals surface area contributed by atoms with Crippen molar-refractivity contribution in [1.29, 1.82) is 0 Å². The van der Waals surface area contributed by atoms with Gasteiger partial charge in [0.05, 0.1) is 16.3 Å². The minimum atomic E-state index is -0.502. The quantitative estimate of drug-likeness (QED) is 0.518. The molecule has 1 aliphatic heterocycles. The summed E-state index contributed by atoms with van der Waals surface area (Å²) in [5.74, 6) is -0.271. The van der Waals surface area contributed by atoms with E-state index >= 15 is 0 Å². The number of amides is 1. The summed E-state index contributed by atoms with van der Waals surface area (Å²) in [6.45, 7) is 7.16. The van der Waals surface area contributed by atoms with Crippen LogP contribution in [0.4, 0.5) is 10.1 Å². The molecule has 30 heavy (non-hydrogen) atoms. The highest BCUT2D eigenvalue weighted by molar-refractivity contribution is 6.33. The molecule has 2 aromatic carbocycles. The third-order valence-electron chi connectivity index (χ3n) is 5.47. The summed E-state index contributed by atoms with van der Waals surface area (Å²) in [6.07, 6.45) is 3.80. The molecule has 3 N–H and O–H groups in total. The van der Waals surface area contributed by atoms with Gasteiger partial charge < -0.3 is 16.0 Å². The Labute approximate surface area is 183 Å². The minimum absolute atomic E-state index is 0.0842. The van der Waals surface area contributed by atoms with Crippen LogP contribution in [0.25, 0.3) is 0 Å². The number of hydrogen-bond acceptors (Lipinski definition) is 3. The van der Waals surface area contributed by atoms with Crippen molar-refractivity contribution < 1.29 is 9.18 Å². The van der Waals surface area contributed by atoms with Crippen LogP contribution in [0.15, 0.2) is 30.3 Å². The van der Waals surface area contributed by atoms with E-state index in [9.17, 15) is 9.18 Å². The van der Waals surface area contributed by atoms with Gasteiger partial charge in [-0.05, 0) is 79.6 Å². The Balaban J connectivity index is 1.63. The maximum Gasteiger partial charge on any atom is 0.254 e. The van der Waals surface area contributed by atoms with E-state index in [2.05, 4.69) is 35.9 Å². The van der Waals surface area contributed by atoms with Crippen LogP contribution < -0.4 is 16.0 Å². The van der Waals surface area contributed by atoms with E-state index < -0.39 is 5.82 Å². The van der Waals surface area contributed by atoms with Crippen molar-refractivity contribution in [3.8, 4) is 0 Å². The zero-order chi connectivity index (χ0) is 21.5. The first kappa shape index (κ1) is 22.6. The summed E-state index contributed by atoms with van der Waals surface area (Å²) >= 11 is 6.45. The standard InChI is InChI=1S/C24H31ClFN3O/c1-16(2)4-3-11-28-24(30)20-7-5-17(14-22(20)26)15-29-23-19-10-13-27-12-9-18(19)6-8-21(23)25/h5-8,14,16,27,29H,3-4,9-13,15H2,1-2H3,(H,28,30). The number of halogens is 2. The highest BCUT2D eigenvalue weighted by atomic mass is 35.5. The molecule has 3 rings (SSSR count). The van der Waals surface area contributed by atoms with Crippen LogP contribution >= 0.6 is 11.6 Å². The molecular weight excluding hydrogens is 401 g/mol. The van der Waals surface area contributed by atoms with E-state index in [1.54, 1.807) is 12.1 Å². The SMILES string of the molecule is CC(C)CCCNC(=O)c1ccc(CNc2c(Cl)ccc3c2CCNCC3)cc1F. The molecule has 0 fully saturated rings. The number of anilines is 1. The second-order valence-electron chi connectivity index (χ2n) is 8.27. The monoisotopic (exact) mass is 431 g/mol. The molecule has 0 spiro atoms. The van der Waals surface area contributed by atoms with Crippen LogP contribution in [-0.2, 0) is 19.4 Å². The van der Waals surface area contributed by atoms with Crippen LogP contribution in [0, 0.1) is 11.7 Å². The average Bonchev–Trinajstić information content (AvgIpc) is 2.96. The van der Waals surface area contributed by atoms with Crippen LogP contribution in [0.3, 0.4) is 0 Å². The number of carbonyl (C=O) groups excluding carboxylic acids is 1.